The highest BCUT2D eigenvalue weighted by Gasteiger charge is 2.60. The van der Waals surface area contributed by atoms with Crippen molar-refractivity contribution >= 4 is 5.91 Å². The van der Waals surface area contributed by atoms with Crippen LogP contribution in [0.5, 0.6) is 5.88 Å². The zero-order chi connectivity index (χ0) is 20.0. The van der Waals surface area contributed by atoms with Crippen LogP contribution in [0.4, 0.5) is 13.2 Å². The number of halogens is 3. The first-order chi connectivity index (χ1) is 13.2. The summed E-state index contributed by atoms with van der Waals surface area (Å²) in [6, 6.07) is 3.12. The van der Waals surface area contributed by atoms with Gasteiger partial charge in [0.05, 0.1) is 13.2 Å². The van der Waals surface area contributed by atoms with E-state index in [4.69, 9.17) is 4.74 Å². The molecule has 1 saturated heterocycles. The van der Waals surface area contributed by atoms with E-state index >= 15 is 0 Å². The highest BCUT2D eigenvalue weighted by Crippen LogP contribution is 2.63. The summed E-state index contributed by atoms with van der Waals surface area (Å²) in [7, 11) is 0. The number of ether oxygens (including phenoxy) is 2. The number of aromatic nitrogens is 1. The molecule has 1 aromatic heterocycles. The van der Waals surface area contributed by atoms with E-state index in [0.717, 1.165) is 19.3 Å². The lowest BCUT2D eigenvalue weighted by Gasteiger charge is -2.42. The molecule has 0 radical (unpaired) electrons. The minimum atomic E-state index is -2.95. The van der Waals surface area contributed by atoms with Crippen LogP contribution in [0.1, 0.15) is 51.0 Å². The molecule has 2 unspecified atom stereocenters. The summed E-state index contributed by atoms with van der Waals surface area (Å²) < 4.78 is 49.0. The van der Waals surface area contributed by atoms with Gasteiger partial charge < -0.3 is 14.8 Å². The third-order valence-electron chi connectivity index (χ3n) is 6.70. The fourth-order valence-corrected chi connectivity index (χ4v) is 4.56. The first-order valence-electron chi connectivity index (χ1n) is 9.76. The number of hydrogen-bond donors (Lipinski definition) is 1. The summed E-state index contributed by atoms with van der Waals surface area (Å²) in [6.45, 7) is -0.521. The van der Waals surface area contributed by atoms with Crippen LogP contribution in [0.25, 0.3) is 0 Å². The van der Waals surface area contributed by atoms with Crippen LogP contribution in [0.15, 0.2) is 18.3 Å². The summed E-state index contributed by atoms with van der Waals surface area (Å²) in [5.41, 5.74) is -1.25. The lowest BCUT2D eigenvalue weighted by molar-refractivity contribution is -0.156. The Morgan fingerprint density at radius 3 is 2.68 bits per heavy atom. The van der Waals surface area contributed by atoms with Crippen molar-refractivity contribution in [2.45, 2.75) is 63.3 Å². The topological polar surface area (TPSA) is 60.5 Å². The summed E-state index contributed by atoms with van der Waals surface area (Å²) in [5, 5.41) is 2.97. The first kappa shape index (κ1) is 19.5. The molecule has 5 nitrogen and oxygen atoms in total. The quantitative estimate of drug-likeness (QED) is 0.793. The molecule has 3 aliphatic rings. The van der Waals surface area contributed by atoms with Crippen molar-refractivity contribution in [2.75, 3.05) is 13.2 Å². The van der Waals surface area contributed by atoms with E-state index in [-0.39, 0.29) is 29.7 Å². The average Bonchev–Trinajstić information content (AvgIpc) is 3.31. The second-order valence-corrected chi connectivity index (χ2v) is 8.60. The van der Waals surface area contributed by atoms with Crippen LogP contribution in [-0.4, -0.2) is 36.3 Å². The number of alkyl halides is 3. The third-order valence-corrected chi connectivity index (χ3v) is 6.70. The van der Waals surface area contributed by atoms with Crippen LogP contribution in [-0.2, 0) is 15.1 Å². The van der Waals surface area contributed by atoms with Crippen molar-refractivity contribution in [1.29, 1.82) is 0 Å². The highest BCUT2D eigenvalue weighted by atomic mass is 19.3. The molecule has 3 fully saturated rings. The van der Waals surface area contributed by atoms with Crippen molar-refractivity contribution < 1.29 is 27.4 Å². The molecular weight excluding hydrogens is 373 g/mol. The van der Waals surface area contributed by atoms with Gasteiger partial charge in [0.2, 0.25) is 11.8 Å². The molecule has 1 N–H and O–H groups in total. The van der Waals surface area contributed by atoms with Crippen LogP contribution >= 0.6 is 0 Å². The van der Waals surface area contributed by atoms with Crippen LogP contribution in [0.2, 0.25) is 0 Å². The molecule has 0 bridgehead atoms. The van der Waals surface area contributed by atoms with Crippen LogP contribution in [0.3, 0.4) is 0 Å². The van der Waals surface area contributed by atoms with Crippen molar-refractivity contribution in [1.82, 2.24) is 10.3 Å². The molecule has 2 aliphatic carbocycles. The Balaban J connectivity index is 1.37. The van der Waals surface area contributed by atoms with E-state index in [1.165, 1.54) is 12.3 Å². The van der Waals surface area contributed by atoms with Gasteiger partial charge in [0, 0.05) is 24.6 Å². The molecule has 2 heterocycles. The number of rotatable bonds is 6. The molecule has 1 spiro atoms. The van der Waals surface area contributed by atoms with Gasteiger partial charge in [-0.3, -0.25) is 4.79 Å². The van der Waals surface area contributed by atoms with Gasteiger partial charge in [-0.2, -0.15) is 8.78 Å². The number of carbonyl (C=O) groups is 1. The monoisotopic (exact) mass is 398 g/mol. The van der Waals surface area contributed by atoms with Gasteiger partial charge in [0.25, 0.3) is 0 Å². The molecule has 2 saturated carbocycles. The van der Waals surface area contributed by atoms with Crippen molar-refractivity contribution in [3.8, 4) is 5.88 Å². The normalized spacial score (nSPS) is 36.8. The SMILES string of the molecule is CC1(F)CCC2(CC1)CC2C(=O)NCC1(c2ccnc(OC(F)F)c2)CCO1. The number of nitrogens with one attached hydrogen (secondary N) is 1. The lowest BCUT2D eigenvalue weighted by atomic mass is 9.77. The molecule has 2 atom stereocenters. The summed E-state index contributed by atoms with van der Waals surface area (Å²) >= 11 is 0. The fourth-order valence-electron chi connectivity index (χ4n) is 4.56. The smallest absolute Gasteiger partial charge is 0.388 e. The maximum absolute atomic E-state index is 14.0. The van der Waals surface area contributed by atoms with Crippen molar-refractivity contribution in [2.24, 2.45) is 11.3 Å². The molecular formula is C20H25F3N2O3. The minimum absolute atomic E-state index is 0.0320. The Hall–Kier alpha value is -1.83. The van der Waals surface area contributed by atoms with E-state index in [2.05, 4.69) is 15.0 Å². The largest absolute Gasteiger partial charge is 0.417 e. The number of amides is 1. The van der Waals surface area contributed by atoms with Gasteiger partial charge in [-0.05, 0) is 56.1 Å². The van der Waals surface area contributed by atoms with Gasteiger partial charge >= 0.3 is 6.61 Å². The maximum Gasteiger partial charge on any atom is 0.388 e. The minimum Gasteiger partial charge on any atom is -0.417 e. The van der Waals surface area contributed by atoms with Gasteiger partial charge in [-0.15, -0.1) is 0 Å². The predicted octanol–water partition coefficient (Wildman–Crippen LogP) is 3.72. The lowest BCUT2D eigenvalue weighted by Crippen LogP contribution is -2.50. The second-order valence-electron chi connectivity index (χ2n) is 8.60. The summed E-state index contributed by atoms with van der Waals surface area (Å²) in [4.78, 5) is 16.5. The molecule has 4 rings (SSSR count). The molecule has 28 heavy (non-hydrogen) atoms. The molecule has 154 valence electrons. The van der Waals surface area contributed by atoms with Gasteiger partial charge in [-0.25, -0.2) is 9.37 Å². The molecule has 8 heteroatoms. The highest BCUT2D eigenvalue weighted by molar-refractivity contribution is 5.82. The third kappa shape index (κ3) is 3.71. The number of nitrogens with zero attached hydrogens (tertiary/aromatic N) is 1. The molecule has 1 aliphatic heterocycles. The van der Waals surface area contributed by atoms with Gasteiger partial charge in [0.15, 0.2) is 0 Å². The van der Waals surface area contributed by atoms with Crippen LogP contribution in [0, 0.1) is 11.3 Å². The average molecular weight is 398 g/mol. The maximum atomic E-state index is 14.0. The number of pyridine rings is 1. The number of carbonyl (C=O) groups excluding carboxylic acids is 1. The Morgan fingerprint density at radius 2 is 2.07 bits per heavy atom. The number of hydrogen-bond acceptors (Lipinski definition) is 4. The summed E-state index contributed by atoms with van der Waals surface area (Å²) in [6.07, 6.45) is 5.38. The van der Waals surface area contributed by atoms with Crippen LogP contribution < -0.4 is 10.1 Å². The van der Waals surface area contributed by atoms with Gasteiger partial charge in [-0.1, -0.05) is 0 Å². The fraction of sp³-hybridized carbons (Fsp3) is 0.700. The van der Waals surface area contributed by atoms with E-state index in [1.54, 1.807) is 13.0 Å². The summed E-state index contributed by atoms with van der Waals surface area (Å²) in [5.74, 6) is -0.280. The van der Waals surface area contributed by atoms with E-state index < -0.39 is 17.9 Å². The molecule has 1 amide bonds. The standard InChI is InChI=1S/C20H25F3N2O3/c1-18(23)3-5-19(6-4-18)11-14(19)16(26)25-12-20(7-9-27-20)13-2-8-24-15(10-13)28-17(21)22/h2,8,10,14,17H,3-7,9,11-12H2,1H3,(H,25,26). The Labute approximate surface area is 162 Å². The Bertz CT molecular complexity index is 742. The van der Waals surface area contributed by atoms with E-state index in [0.29, 0.717) is 31.4 Å². The van der Waals surface area contributed by atoms with Crippen molar-refractivity contribution in [3.05, 3.63) is 23.9 Å². The predicted molar refractivity (Wildman–Crippen MR) is 94.6 cm³/mol. The first-order valence-corrected chi connectivity index (χ1v) is 9.76. The second kappa shape index (κ2) is 6.90. The zero-order valence-corrected chi connectivity index (χ0v) is 15.8. The van der Waals surface area contributed by atoms with E-state index in [9.17, 15) is 18.0 Å². The van der Waals surface area contributed by atoms with E-state index in [1.807, 2.05) is 0 Å². The molecule has 1 aromatic rings. The Morgan fingerprint density at radius 1 is 1.36 bits per heavy atom. The van der Waals surface area contributed by atoms with Crippen molar-refractivity contribution in [3.63, 3.8) is 0 Å². The molecule has 0 aromatic carbocycles. The zero-order valence-electron chi connectivity index (χ0n) is 15.8. The Kier molecular flexibility index (Phi) is 4.80. The van der Waals surface area contributed by atoms with Gasteiger partial charge in [0.1, 0.15) is 11.3 Å².